The van der Waals surface area contributed by atoms with Gasteiger partial charge >= 0.3 is 0 Å². The summed E-state index contributed by atoms with van der Waals surface area (Å²) in [4.78, 5) is 0. The first-order valence-electron chi connectivity index (χ1n) is 7.40. The van der Waals surface area contributed by atoms with Crippen LogP contribution in [-0.2, 0) is 14.9 Å². The average Bonchev–Trinajstić information content (AvgIpc) is 3.17. The molecule has 1 aliphatic carbocycles. The fraction of sp³-hybridized carbons (Fsp3) is 1.00. The molecule has 0 atom stereocenters. The fourth-order valence-electron chi connectivity index (χ4n) is 2.38. The Balaban J connectivity index is 1.80. The summed E-state index contributed by atoms with van der Waals surface area (Å²) in [6.45, 7) is 6.61. The molecule has 2 rings (SSSR count). The van der Waals surface area contributed by atoms with Crippen LogP contribution in [0.4, 0.5) is 0 Å². The first-order valence-corrected chi connectivity index (χ1v) is 8.80. The van der Waals surface area contributed by atoms with Crippen LogP contribution in [0.5, 0.6) is 0 Å². The molecule has 0 aromatic heterocycles. The molecule has 2 aliphatic rings. The summed E-state index contributed by atoms with van der Waals surface area (Å²) in [6, 6.07) is 0.678. The molecule has 1 aliphatic heterocycles. The Labute approximate surface area is 122 Å². The van der Waals surface area contributed by atoms with E-state index in [0.717, 1.165) is 13.0 Å². The minimum absolute atomic E-state index is 0.403. The Morgan fingerprint density at radius 3 is 2.70 bits per heavy atom. The van der Waals surface area contributed by atoms with Crippen LogP contribution in [0.25, 0.3) is 0 Å². The van der Waals surface area contributed by atoms with Crippen molar-refractivity contribution in [1.82, 2.24) is 13.9 Å². The number of nitrogens with one attached hydrogen (secondary N) is 1. The SMILES string of the molecule is CN(CCCNC1CC1)S(=O)(=O)N1CCOC(C)(C)C1. The van der Waals surface area contributed by atoms with Crippen molar-refractivity contribution in [1.29, 1.82) is 0 Å². The minimum Gasteiger partial charge on any atom is -0.373 e. The number of morpholine rings is 1. The van der Waals surface area contributed by atoms with Gasteiger partial charge in [-0.1, -0.05) is 0 Å². The topological polar surface area (TPSA) is 61.9 Å². The smallest absolute Gasteiger partial charge is 0.281 e. The van der Waals surface area contributed by atoms with Gasteiger partial charge in [0.2, 0.25) is 0 Å². The monoisotopic (exact) mass is 305 g/mol. The number of rotatable bonds is 7. The zero-order valence-corrected chi connectivity index (χ0v) is 13.6. The zero-order valence-electron chi connectivity index (χ0n) is 12.8. The molecule has 20 heavy (non-hydrogen) atoms. The van der Waals surface area contributed by atoms with Crippen LogP contribution in [0.3, 0.4) is 0 Å². The van der Waals surface area contributed by atoms with Gasteiger partial charge in [0.05, 0.1) is 12.2 Å². The molecular weight excluding hydrogens is 278 g/mol. The highest BCUT2D eigenvalue weighted by Gasteiger charge is 2.35. The molecule has 2 fully saturated rings. The summed E-state index contributed by atoms with van der Waals surface area (Å²) in [5.74, 6) is 0. The molecule has 1 heterocycles. The highest BCUT2D eigenvalue weighted by molar-refractivity contribution is 7.86. The van der Waals surface area contributed by atoms with Crippen LogP contribution in [0, 0.1) is 0 Å². The molecule has 6 nitrogen and oxygen atoms in total. The van der Waals surface area contributed by atoms with E-state index in [0.29, 0.717) is 32.3 Å². The molecular formula is C13H27N3O3S. The molecule has 0 bridgehead atoms. The van der Waals surface area contributed by atoms with E-state index in [1.54, 1.807) is 7.05 Å². The maximum atomic E-state index is 12.5. The molecule has 1 saturated carbocycles. The van der Waals surface area contributed by atoms with Gasteiger partial charge in [-0.15, -0.1) is 0 Å². The quantitative estimate of drug-likeness (QED) is 0.692. The lowest BCUT2D eigenvalue weighted by Gasteiger charge is -2.38. The van der Waals surface area contributed by atoms with Crippen molar-refractivity contribution in [3.63, 3.8) is 0 Å². The van der Waals surface area contributed by atoms with Gasteiger partial charge in [0.15, 0.2) is 0 Å². The summed E-state index contributed by atoms with van der Waals surface area (Å²) >= 11 is 0. The molecule has 0 spiro atoms. The van der Waals surface area contributed by atoms with Crippen molar-refractivity contribution < 1.29 is 13.2 Å². The lowest BCUT2D eigenvalue weighted by Crippen LogP contribution is -2.54. The van der Waals surface area contributed by atoms with Gasteiger partial charge in [-0.2, -0.15) is 17.0 Å². The fourth-order valence-corrected chi connectivity index (χ4v) is 3.91. The van der Waals surface area contributed by atoms with E-state index < -0.39 is 15.8 Å². The Morgan fingerprint density at radius 2 is 2.10 bits per heavy atom. The van der Waals surface area contributed by atoms with Crippen molar-refractivity contribution in [2.75, 3.05) is 39.8 Å². The lowest BCUT2D eigenvalue weighted by molar-refractivity contribution is -0.0650. The number of ether oxygens (including phenoxy) is 1. The predicted octanol–water partition coefficient (Wildman–Crippen LogP) is 0.416. The van der Waals surface area contributed by atoms with E-state index >= 15 is 0 Å². The molecule has 118 valence electrons. The van der Waals surface area contributed by atoms with Gasteiger partial charge < -0.3 is 10.1 Å². The highest BCUT2D eigenvalue weighted by Crippen LogP contribution is 2.21. The third-order valence-corrected chi connectivity index (χ3v) is 5.71. The second-order valence-electron chi connectivity index (χ2n) is 6.35. The first-order chi connectivity index (χ1) is 9.31. The van der Waals surface area contributed by atoms with Crippen LogP contribution in [0.2, 0.25) is 0 Å². The number of hydrogen-bond donors (Lipinski definition) is 1. The summed E-state index contributed by atoms with van der Waals surface area (Å²) in [7, 11) is -1.70. The Bertz CT molecular complexity index is 421. The highest BCUT2D eigenvalue weighted by atomic mass is 32.2. The number of hydrogen-bond acceptors (Lipinski definition) is 4. The molecule has 0 amide bonds. The minimum atomic E-state index is -3.36. The van der Waals surface area contributed by atoms with Crippen molar-refractivity contribution in [2.24, 2.45) is 0 Å². The molecule has 1 saturated heterocycles. The summed E-state index contributed by atoms with van der Waals surface area (Å²) in [5, 5.41) is 3.40. The maximum Gasteiger partial charge on any atom is 0.281 e. The molecule has 0 aromatic carbocycles. The zero-order chi connectivity index (χ0) is 14.8. The van der Waals surface area contributed by atoms with Crippen molar-refractivity contribution in [3.8, 4) is 0 Å². The first kappa shape index (κ1) is 16.2. The second kappa shape index (κ2) is 6.27. The van der Waals surface area contributed by atoms with Gasteiger partial charge in [-0.05, 0) is 39.7 Å². The van der Waals surface area contributed by atoms with Gasteiger partial charge in [-0.25, -0.2) is 0 Å². The van der Waals surface area contributed by atoms with E-state index in [9.17, 15) is 8.42 Å². The summed E-state index contributed by atoms with van der Waals surface area (Å²) < 4.78 is 33.5. The normalized spacial score (nSPS) is 24.2. The predicted molar refractivity (Wildman–Crippen MR) is 78.8 cm³/mol. The maximum absolute atomic E-state index is 12.5. The van der Waals surface area contributed by atoms with Crippen molar-refractivity contribution >= 4 is 10.2 Å². The van der Waals surface area contributed by atoms with E-state index in [4.69, 9.17) is 4.74 Å². The molecule has 1 N–H and O–H groups in total. The van der Waals surface area contributed by atoms with Crippen molar-refractivity contribution in [2.45, 2.75) is 44.8 Å². The molecule has 0 aromatic rings. The van der Waals surface area contributed by atoms with Gasteiger partial charge in [0.1, 0.15) is 0 Å². The standard InChI is InChI=1S/C13H27N3O3S/c1-13(2)11-16(9-10-19-13)20(17,18)15(3)8-4-7-14-12-5-6-12/h12,14H,4-11H2,1-3H3. The van der Waals surface area contributed by atoms with E-state index in [1.807, 2.05) is 13.8 Å². The Kier molecular flexibility index (Phi) is 5.07. The Morgan fingerprint density at radius 1 is 1.40 bits per heavy atom. The third kappa shape index (κ3) is 4.39. The summed E-state index contributed by atoms with van der Waals surface area (Å²) in [6.07, 6.45) is 3.37. The van der Waals surface area contributed by atoms with E-state index in [2.05, 4.69) is 5.32 Å². The van der Waals surface area contributed by atoms with Crippen LogP contribution >= 0.6 is 0 Å². The van der Waals surface area contributed by atoms with Crippen LogP contribution in [0.1, 0.15) is 33.1 Å². The molecule has 0 radical (unpaired) electrons. The van der Waals surface area contributed by atoms with Crippen LogP contribution < -0.4 is 5.32 Å². The van der Waals surface area contributed by atoms with Gasteiger partial charge in [-0.3, -0.25) is 0 Å². The van der Waals surface area contributed by atoms with Crippen LogP contribution in [0.15, 0.2) is 0 Å². The van der Waals surface area contributed by atoms with Gasteiger partial charge in [0.25, 0.3) is 10.2 Å². The largest absolute Gasteiger partial charge is 0.373 e. The average molecular weight is 305 g/mol. The van der Waals surface area contributed by atoms with E-state index in [1.165, 1.54) is 21.5 Å². The van der Waals surface area contributed by atoms with Crippen molar-refractivity contribution in [3.05, 3.63) is 0 Å². The molecule has 7 heteroatoms. The number of nitrogens with zero attached hydrogens (tertiary/aromatic N) is 2. The van der Waals surface area contributed by atoms with E-state index in [-0.39, 0.29) is 0 Å². The third-order valence-electron chi connectivity index (χ3n) is 3.77. The second-order valence-corrected chi connectivity index (χ2v) is 8.39. The lowest BCUT2D eigenvalue weighted by atomic mass is 10.1. The Hall–Kier alpha value is -0.210. The molecule has 0 unspecified atom stereocenters. The van der Waals surface area contributed by atoms with Gasteiger partial charge in [0, 0.05) is 32.7 Å². The summed E-state index contributed by atoms with van der Waals surface area (Å²) in [5.41, 5.74) is -0.403. The van der Waals surface area contributed by atoms with Crippen LogP contribution in [-0.4, -0.2) is 68.5 Å².